The summed E-state index contributed by atoms with van der Waals surface area (Å²) in [6.45, 7) is 2.25. The lowest BCUT2D eigenvalue weighted by atomic mass is 9.98. The smallest absolute Gasteiger partial charge is 0.239 e. The topological polar surface area (TPSA) is 317 Å². The fraction of sp³-hybridized carbons (Fsp3) is 0.559. The molecule has 0 radical (unpaired) electrons. The number of phenols is 2. The largest absolute Gasteiger partial charge is 0.508 e. The van der Waals surface area contributed by atoms with Crippen molar-refractivity contribution in [2.75, 3.05) is 13.7 Å². The molecule has 54 heavy (non-hydrogen) atoms. The first-order valence-electron chi connectivity index (χ1n) is 16.8. The van der Waals surface area contributed by atoms with E-state index in [9.17, 15) is 61.0 Å². The molecule has 3 fully saturated rings. The second-order valence-electron chi connectivity index (χ2n) is 13.2. The van der Waals surface area contributed by atoms with Crippen LogP contribution in [0.5, 0.6) is 28.7 Å². The summed E-state index contributed by atoms with van der Waals surface area (Å²) in [6.07, 6.45) is -23.5. The van der Waals surface area contributed by atoms with Crippen LogP contribution in [-0.4, -0.2) is 162 Å². The summed E-state index contributed by atoms with van der Waals surface area (Å²) in [4.78, 5) is 14.0. The lowest BCUT2D eigenvalue weighted by Crippen LogP contribution is -2.61. The molecule has 20 nitrogen and oxygen atoms in total. The van der Waals surface area contributed by atoms with E-state index in [-0.39, 0.29) is 28.4 Å². The van der Waals surface area contributed by atoms with E-state index in [1.54, 1.807) is 0 Å². The second kappa shape index (κ2) is 15.7. The van der Waals surface area contributed by atoms with E-state index >= 15 is 0 Å². The maximum Gasteiger partial charge on any atom is 0.239 e. The molecule has 3 aliphatic rings. The first-order valence-corrected chi connectivity index (χ1v) is 16.8. The van der Waals surface area contributed by atoms with Gasteiger partial charge in [-0.2, -0.15) is 0 Å². The molecule has 4 heterocycles. The molecule has 15 atom stereocenters. The van der Waals surface area contributed by atoms with Crippen LogP contribution in [0.1, 0.15) is 13.8 Å². The molecule has 0 unspecified atom stereocenters. The summed E-state index contributed by atoms with van der Waals surface area (Å²) in [6, 6.07) is 5.87. The van der Waals surface area contributed by atoms with Gasteiger partial charge in [0.2, 0.25) is 23.8 Å². The minimum atomic E-state index is -2.01. The number of benzene rings is 2. The normalized spacial score (nSPS) is 37.2. The Kier molecular flexibility index (Phi) is 11.6. The van der Waals surface area contributed by atoms with Crippen LogP contribution in [0.2, 0.25) is 0 Å². The summed E-state index contributed by atoms with van der Waals surface area (Å²) < 4.78 is 45.1. The van der Waals surface area contributed by atoms with E-state index in [0.717, 1.165) is 12.1 Å². The Morgan fingerprint density at radius 3 is 1.85 bits per heavy atom. The number of phenolic OH excluding ortho intramolecular Hbond substituents is 2. The standard InChI is InChI=1S/C34H42O20/c1-10-20(37)24(41)27(44)32(49-10)48-9-18-22(39)26(43)29(46)34(53-18)54-31-23(40)19-14(36)7-13(35)8-17(19)51-30(31)12-4-5-15(16(6-12)47-3)52-33-28(45)25(42)21(38)11(2)50-33/h4-8,10-11,18,20-22,24-29,32-39,41-46H,9H2,1-3H3/t10-,11-,18+,20-,21-,22+,24+,25+,26-,27+,28+,29+,32-,33-,34-/m0/s1. The number of fused-ring (bicyclic) bond motifs is 1. The third-order valence-electron chi connectivity index (χ3n) is 9.53. The second-order valence-corrected chi connectivity index (χ2v) is 13.2. The predicted molar refractivity (Wildman–Crippen MR) is 176 cm³/mol. The van der Waals surface area contributed by atoms with Crippen molar-refractivity contribution in [2.24, 2.45) is 0 Å². The zero-order valence-corrected chi connectivity index (χ0v) is 28.8. The zero-order chi connectivity index (χ0) is 39.3. The maximum atomic E-state index is 14.0. The van der Waals surface area contributed by atoms with Crippen molar-refractivity contribution < 1.29 is 93.7 Å². The molecule has 3 aromatic rings. The van der Waals surface area contributed by atoms with Gasteiger partial charge in [-0.25, -0.2) is 0 Å². The van der Waals surface area contributed by atoms with Crippen LogP contribution in [0.25, 0.3) is 22.3 Å². The molecule has 0 spiro atoms. The molecule has 2 aromatic carbocycles. The Morgan fingerprint density at radius 2 is 1.22 bits per heavy atom. The van der Waals surface area contributed by atoms with Crippen LogP contribution < -0.4 is 19.6 Å². The van der Waals surface area contributed by atoms with Gasteiger partial charge in [-0.05, 0) is 32.0 Å². The molecule has 11 N–H and O–H groups in total. The molecule has 0 saturated carbocycles. The highest BCUT2D eigenvalue weighted by molar-refractivity contribution is 5.88. The van der Waals surface area contributed by atoms with Crippen molar-refractivity contribution in [3.63, 3.8) is 0 Å². The average molecular weight is 771 g/mol. The van der Waals surface area contributed by atoms with Crippen LogP contribution in [-0.2, 0) is 18.9 Å². The van der Waals surface area contributed by atoms with Crippen molar-refractivity contribution in [3.05, 3.63) is 40.6 Å². The molecular formula is C34H42O20. The Labute approximate surface area is 305 Å². The van der Waals surface area contributed by atoms with Crippen LogP contribution >= 0.6 is 0 Å². The molecular weight excluding hydrogens is 728 g/mol. The van der Waals surface area contributed by atoms with Gasteiger partial charge >= 0.3 is 0 Å². The highest BCUT2D eigenvalue weighted by Gasteiger charge is 2.48. The number of aliphatic hydroxyl groups is 9. The number of hydrogen-bond donors (Lipinski definition) is 11. The average Bonchev–Trinajstić information content (AvgIpc) is 3.14. The number of rotatable bonds is 9. The summed E-state index contributed by atoms with van der Waals surface area (Å²) >= 11 is 0. The summed E-state index contributed by atoms with van der Waals surface area (Å²) in [7, 11) is 1.26. The van der Waals surface area contributed by atoms with Crippen LogP contribution in [0.15, 0.2) is 39.5 Å². The van der Waals surface area contributed by atoms with Crippen molar-refractivity contribution in [1.29, 1.82) is 0 Å². The van der Waals surface area contributed by atoms with Gasteiger partial charge in [-0.1, -0.05) is 0 Å². The summed E-state index contributed by atoms with van der Waals surface area (Å²) in [5, 5.41) is 114. The SMILES string of the molecule is COc1cc(-c2oc3cc(O)cc(O)c3c(=O)c2O[C@@H]2O[C@H](CO[C@H]3O[C@@H](C)[C@H](O)[C@@H](O)[C@H]3O)[C@@H](O)[C@H](O)[C@H]2O)ccc1O[C@@H]1O[C@@H](C)[C@H](O)[C@@H](O)[C@H]1O. The number of ether oxygens (including phenoxy) is 7. The monoisotopic (exact) mass is 770 g/mol. The van der Waals surface area contributed by atoms with Crippen LogP contribution in [0, 0.1) is 0 Å². The van der Waals surface area contributed by atoms with E-state index < -0.39 is 127 Å². The fourth-order valence-corrected chi connectivity index (χ4v) is 6.32. The lowest BCUT2D eigenvalue weighted by Gasteiger charge is -2.42. The van der Waals surface area contributed by atoms with E-state index in [2.05, 4.69) is 0 Å². The first-order chi connectivity index (χ1) is 25.5. The van der Waals surface area contributed by atoms with Gasteiger partial charge in [0.1, 0.15) is 83.5 Å². The van der Waals surface area contributed by atoms with Gasteiger partial charge in [0, 0.05) is 17.7 Å². The zero-order valence-electron chi connectivity index (χ0n) is 28.8. The summed E-state index contributed by atoms with van der Waals surface area (Å²) in [5.41, 5.74) is -1.30. The molecule has 6 rings (SSSR count). The first kappa shape index (κ1) is 39.8. The van der Waals surface area contributed by atoms with Gasteiger partial charge < -0.3 is 93.7 Å². The van der Waals surface area contributed by atoms with E-state index in [1.165, 1.54) is 39.2 Å². The number of aromatic hydroxyl groups is 2. The minimum Gasteiger partial charge on any atom is -0.508 e. The molecule has 298 valence electrons. The van der Waals surface area contributed by atoms with Gasteiger partial charge in [0.05, 0.1) is 25.9 Å². The third-order valence-corrected chi connectivity index (χ3v) is 9.53. The Balaban J connectivity index is 1.33. The number of hydrogen-bond acceptors (Lipinski definition) is 20. The highest BCUT2D eigenvalue weighted by Crippen LogP contribution is 2.41. The summed E-state index contributed by atoms with van der Waals surface area (Å²) in [5.74, 6) is -2.31. The Morgan fingerprint density at radius 1 is 0.648 bits per heavy atom. The Bertz CT molecular complexity index is 1850. The van der Waals surface area contributed by atoms with E-state index in [0.29, 0.717) is 0 Å². The molecule has 0 bridgehead atoms. The van der Waals surface area contributed by atoms with Crippen molar-refractivity contribution in [3.8, 4) is 40.1 Å². The minimum absolute atomic E-state index is 0.0311. The molecule has 0 amide bonds. The lowest BCUT2D eigenvalue weighted by molar-refractivity contribution is -0.318. The third kappa shape index (κ3) is 7.41. The van der Waals surface area contributed by atoms with Crippen molar-refractivity contribution >= 4 is 11.0 Å². The predicted octanol–water partition coefficient (Wildman–Crippen LogP) is -2.88. The van der Waals surface area contributed by atoms with Gasteiger partial charge in [0.25, 0.3) is 0 Å². The number of aliphatic hydroxyl groups excluding tert-OH is 9. The van der Waals surface area contributed by atoms with Crippen LogP contribution in [0.3, 0.4) is 0 Å². The van der Waals surface area contributed by atoms with Crippen molar-refractivity contribution in [2.45, 2.75) is 106 Å². The fourth-order valence-electron chi connectivity index (χ4n) is 6.32. The molecule has 3 aliphatic heterocycles. The molecule has 3 saturated heterocycles. The van der Waals surface area contributed by atoms with Gasteiger partial charge in [0.15, 0.2) is 23.5 Å². The molecule has 0 aliphatic carbocycles. The van der Waals surface area contributed by atoms with Gasteiger partial charge in [-0.3, -0.25) is 4.79 Å². The highest BCUT2D eigenvalue weighted by atomic mass is 16.7. The van der Waals surface area contributed by atoms with E-state index in [1.807, 2.05) is 0 Å². The molecule has 20 heteroatoms. The van der Waals surface area contributed by atoms with E-state index in [4.69, 9.17) is 37.6 Å². The molecule has 1 aromatic heterocycles. The maximum absolute atomic E-state index is 14.0. The number of methoxy groups -OCH3 is 1. The van der Waals surface area contributed by atoms with Crippen molar-refractivity contribution in [1.82, 2.24) is 0 Å². The Hall–Kier alpha value is -3.87. The van der Waals surface area contributed by atoms with Gasteiger partial charge in [-0.15, -0.1) is 0 Å². The quantitative estimate of drug-likeness (QED) is 0.104. The van der Waals surface area contributed by atoms with Crippen LogP contribution in [0.4, 0.5) is 0 Å².